The molecule has 1 N–H and O–H groups in total. The number of nitrogens with zero attached hydrogens (tertiary/aromatic N) is 1. The summed E-state index contributed by atoms with van der Waals surface area (Å²) in [6.45, 7) is 1.18. The Morgan fingerprint density at radius 1 is 1.16 bits per heavy atom. The van der Waals surface area contributed by atoms with Gasteiger partial charge in [0.05, 0.1) is 16.1 Å². The number of rotatable bonds is 6. The van der Waals surface area contributed by atoms with E-state index in [1.54, 1.807) is 42.5 Å². The normalized spacial score (nSPS) is 14.1. The number of hydrogen-bond donors (Lipinski definition) is 1. The van der Waals surface area contributed by atoms with Gasteiger partial charge in [0, 0.05) is 18.2 Å². The van der Waals surface area contributed by atoms with Crippen molar-refractivity contribution in [2.45, 2.75) is 6.92 Å². The smallest absolute Gasteiger partial charge is 0.363 e. The van der Waals surface area contributed by atoms with Gasteiger partial charge in [0.15, 0.2) is 12.3 Å². The van der Waals surface area contributed by atoms with Gasteiger partial charge >= 0.3 is 11.9 Å². The molecule has 0 unspecified atom stereocenters. The Hall–Kier alpha value is -2.98. The number of cyclic esters (lactones) is 1. The van der Waals surface area contributed by atoms with Gasteiger partial charge in [-0.2, -0.15) is 0 Å². The molecule has 1 aliphatic rings. The van der Waals surface area contributed by atoms with Gasteiger partial charge in [-0.1, -0.05) is 0 Å². The van der Waals surface area contributed by atoms with E-state index >= 15 is 0 Å². The maximum atomic E-state index is 12.3. The highest BCUT2D eigenvalue weighted by molar-refractivity contribution is 9.11. The van der Waals surface area contributed by atoms with Crippen LogP contribution in [0.1, 0.15) is 18.1 Å². The molecule has 0 radical (unpaired) electrons. The number of benzene rings is 2. The lowest BCUT2D eigenvalue weighted by molar-refractivity contribution is -0.143. The van der Waals surface area contributed by atoms with Crippen LogP contribution in [-0.2, 0) is 23.9 Å². The first-order valence-corrected chi connectivity index (χ1v) is 10.4. The molecule has 1 amide bonds. The highest BCUT2D eigenvalue weighted by atomic mass is 79.9. The Morgan fingerprint density at radius 2 is 1.81 bits per heavy atom. The lowest BCUT2D eigenvalue weighted by Crippen LogP contribution is -2.13. The second-order valence-electron chi connectivity index (χ2n) is 6.27. The number of methoxy groups -OCH3 is 1. The predicted octanol–water partition coefficient (Wildman–Crippen LogP) is 4.07. The summed E-state index contributed by atoms with van der Waals surface area (Å²) in [5.74, 6) is -0.682. The largest absolute Gasteiger partial charge is 0.480 e. The van der Waals surface area contributed by atoms with Gasteiger partial charge in [-0.15, -0.1) is 0 Å². The van der Waals surface area contributed by atoms with Gasteiger partial charge in [0.25, 0.3) is 0 Å². The molecule has 2 aromatic rings. The fraction of sp³-hybridized carbons (Fsp3) is 0.143. The summed E-state index contributed by atoms with van der Waals surface area (Å²) < 4.78 is 16.4. The van der Waals surface area contributed by atoms with Crippen molar-refractivity contribution in [1.82, 2.24) is 0 Å². The quantitative estimate of drug-likeness (QED) is 0.429. The van der Waals surface area contributed by atoms with Crippen molar-refractivity contribution in [2.24, 2.45) is 4.99 Å². The first kappa shape index (κ1) is 22.7. The second-order valence-corrected chi connectivity index (χ2v) is 7.98. The number of halogens is 2. The summed E-state index contributed by atoms with van der Waals surface area (Å²) in [6, 6.07) is 10.2. The maximum Gasteiger partial charge on any atom is 0.363 e. The van der Waals surface area contributed by atoms with E-state index in [2.05, 4.69) is 46.9 Å². The molecule has 0 saturated carbocycles. The molecule has 0 fully saturated rings. The van der Waals surface area contributed by atoms with E-state index in [1.165, 1.54) is 14.0 Å². The van der Waals surface area contributed by atoms with E-state index < -0.39 is 11.9 Å². The standard InChI is InChI=1S/C21H16Br2N2O6/c1-11(26)24-14-5-3-13(4-6-14)20-25-17(21(28)31-20)9-12-7-15(22)19(16(23)8-12)30-10-18(27)29-2/h3-9H,10H2,1-2H3,(H,24,26)/b17-9-. The zero-order chi connectivity index (χ0) is 22.5. The predicted molar refractivity (Wildman–Crippen MR) is 121 cm³/mol. The molecule has 1 aliphatic heterocycles. The Kier molecular flexibility index (Phi) is 7.24. The lowest BCUT2D eigenvalue weighted by Gasteiger charge is -2.10. The zero-order valence-electron chi connectivity index (χ0n) is 16.4. The Morgan fingerprint density at radius 3 is 2.39 bits per heavy atom. The molecule has 0 bridgehead atoms. The van der Waals surface area contributed by atoms with Crippen molar-refractivity contribution in [2.75, 3.05) is 19.0 Å². The Bertz CT molecular complexity index is 1090. The van der Waals surface area contributed by atoms with E-state index in [4.69, 9.17) is 9.47 Å². The SMILES string of the molecule is COC(=O)COc1c(Br)cc(/C=C2\N=C(c3ccc(NC(C)=O)cc3)OC2=O)cc1Br. The maximum absolute atomic E-state index is 12.3. The van der Waals surface area contributed by atoms with Gasteiger partial charge in [0.1, 0.15) is 5.75 Å². The van der Waals surface area contributed by atoms with Crippen LogP contribution in [0.3, 0.4) is 0 Å². The van der Waals surface area contributed by atoms with Crippen molar-refractivity contribution in [3.05, 3.63) is 62.2 Å². The summed E-state index contributed by atoms with van der Waals surface area (Å²) in [5, 5.41) is 2.66. The molecule has 31 heavy (non-hydrogen) atoms. The third-order valence-corrected chi connectivity index (χ3v) is 5.14. The third-order valence-electron chi connectivity index (χ3n) is 3.96. The summed E-state index contributed by atoms with van der Waals surface area (Å²) >= 11 is 6.78. The van der Waals surface area contributed by atoms with E-state index in [0.29, 0.717) is 31.5 Å². The average molecular weight is 552 g/mol. The van der Waals surface area contributed by atoms with Crippen molar-refractivity contribution in [3.63, 3.8) is 0 Å². The minimum absolute atomic E-state index is 0.128. The minimum atomic E-state index is -0.584. The van der Waals surface area contributed by atoms with Crippen LogP contribution in [0.15, 0.2) is 56.0 Å². The number of carbonyl (C=O) groups excluding carboxylic acids is 3. The number of carbonyl (C=O) groups is 3. The molecule has 0 atom stereocenters. The lowest BCUT2D eigenvalue weighted by atomic mass is 10.2. The molecule has 10 heteroatoms. The molecule has 3 rings (SSSR count). The van der Waals surface area contributed by atoms with Crippen LogP contribution in [-0.4, -0.2) is 37.5 Å². The fourth-order valence-electron chi connectivity index (χ4n) is 2.58. The van der Waals surface area contributed by atoms with Crippen LogP contribution in [0, 0.1) is 0 Å². The number of amides is 1. The number of esters is 2. The molecular weight excluding hydrogens is 536 g/mol. The van der Waals surface area contributed by atoms with Gasteiger partial charge in [-0.3, -0.25) is 4.79 Å². The highest BCUT2D eigenvalue weighted by Crippen LogP contribution is 2.35. The molecule has 0 aromatic heterocycles. The van der Waals surface area contributed by atoms with E-state index in [1.807, 2.05) is 0 Å². The molecule has 0 saturated heterocycles. The monoisotopic (exact) mass is 550 g/mol. The summed E-state index contributed by atoms with van der Waals surface area (Å²) in [5.41, 5.74) is 2.01. The molecule has 1 heterocycles. The second kappa shape index (κ2) is 9.88. The van der Waals surface area contributed by atoms with Gasteiger partial charge < -0.3 is 19.5 Å². The van der Waals surface area contributed by atoms with Crippen molar-refractivity contribution < 1.29 is 28.6 Å². The molecular formula is C21H16Br2N2O6. The number of nitrogens with one attached hydrogen (secondary N) is 1. The van der Waals surface area contributed by atoms with Crippen LogP contribution in [0.2, 0.25) is 0 Å². The minimum Gasteiger partial charge on any atom is -0.480 e. The molecule has 0 aliphatic carbocycles. The van der Waals surface area contributed by atoms with E-state index in [9.17, 15) is 14.4 Å². The van der Waals surface area contributed by atoms with E-state index in [0.717, 1.165) is 0 Å². The van der Waals surface area contributed by atoms with Crippen LogP contribution in [0.5, 0.6) is 5.75 Å². The molecule has 2 aromatic carbocycles. The number of hydrogen-bond acceptors (Lipinski definition) is 7. The van der Waals surface area contributed by atoms with Crippen LogP contribution < -0.4 is 10.1 Å². The average Bonchev–Trinajstić information content (AvgIpc) is 3.07. The zero-order valence-corrected chi connectivity index (χ0v) is 19.6. The molecule has 0 spiro atoms. The van der Waals surface area contributed by atoms with Crippen molar-refractivity contribution >= 4 is 67.4 Å². The summed E-state index contributed by atoms with van der Waals surface area (Å²) in [6.07, 6.45) is 1.57. The first-order chi connectivity index (χ1) is 14.8. The Balaban J connectivity index is 1.81. The van der Waals surface area contributed by atoms with Crippen LogP contribution in [0.25, 0.3) is 6.08 Å². The van der Waals surface area contributed by atoms with Gasteiger partial charge in [-0.05, 0) is 79.9 Å². The van der Waals surface area contributed by atoms with Gasteiger partial charge in [0.2, 0.25) is 11.8 Å². The molecule has 8 nitrogen and oxygen atoms in total. The fourth-order valence-corrected chi connectivity index (χ4v) is 4.03. The number of anilines is 1. The third kappa shape index (κ3) is 5.80. The number of ether oxygens (including phenoxy) is 3. The Labute approximate surface area is 194 Å². The first-order valence-electron chi connectivity index (χ1n) is 8.86. The van der Waals surface area contributed by atoms with Crippen LogP contribution in [0.4, 0.5) is 5.69 Å². The van der Waals surface area contributed by atoms with Crippen molar-refractivity contribution in [1.29, 1.82) is 0 Å². The topological polar surface area (TPSA) is 103 Å². The van der Waals surface area contributed by atoms with Crippen molar-refractivity contribution in [3.8, 4) is 5.75 Å². The van der Waals surface area contributed by atoms with Crippen LogP contribution >= 0.6 is 31.9 Å². The summed E-state index contributed by atoms with van der Waals surface area (Å²) in [7, 11) is 1.28. The van der Waals surface area contributed by atoms with E-state index in [-0.39, 0.29) is 24.1 Å². The highest BCUT2D eigenvalue weighted by Gasteiger charge is 2.24. The molecule has 160 valence electrons. The summed E-state index contributed by atoms with van der Waals surface area (Å²) in [4.78, 5) is 38.9. The number of aliphatic imine (C=N–C) groups is 1. The van der Waals surface area contributed by atoms with Gasteiger partial charge in [-0.25, -0.2) is 14.6 Å².